The van der Waals surface area contributed by atoms with Crippen molar-refractivity contribution in [3.8, 4) is 5.75 Å². The predicted octanol–water partition coefficient (Wildman–Crippen LogP) is 3.69. The van der Waals surface area contributed by atoms with Gasteiger partial charge in [0, 0.05) is 11.9 Å². The van der Waals surface area contributed by atoms with Crippen molar-refractivity contribution in [3.05, 3.63) is 59.8 Å². The molecule has 3 rings (SSSR count). The highest BCUT2D eigenvalue weighted by molar-refractivity contribution is 6.04. The third-order valence-electron chi connectivity index (χ3n) is 3.70. The molecule has 0 bridgehead atoms. The smallest absolute Gasteiger partial charge is 0.274 e. The van der Waals surface area contributed by atoms with Crippen LogP contribution in [0.4, 0.5) is 10.1 Å². The summed E-state index contributed by atoms with van der Waals surface area (Å²) in [5.41, 5.74) is 2.21. The monoisotopic (exact) mass is 327 g/mol. The Labute approximate surface area is 139 Å². The second-order valence-corrected chi connectivity index (χ2v) is 5.42. The number of aromatic nitrogens is 2. The number of benzene rings is 1. The molecule has 0 unspecified atom stereocenters. The van der Waals surface area contributed by atoms with Crippen LogP contribution in [-0.4, -0.2) is 22.4 Å². The highest BCUT2D eigenvalue weighted by atomic mass is 19.1. The van der Waals surface area contributed by atoms with Crippen LogP contribution in [0.1, 0.15) is 29.5 Å². The van der Waals surface area contributed by atoms with Crippen molar-refractivity contribution in [1.82, 2.24) is 9.38 Å². The Morgan fingerprint density at radius 1 is 1.25 bits per heavy atom. The third kappa shape index (κ3) is 3.08. The number of carbonyl (C=O) groups is 1. The molecule has 0 spiro atoms. The molecule has 3 aromatic rings. The van der Waals surface area contributed by atoms with Crippen LogP contribution in [0.25, 0.3) is 5.65 Å². The second kappa shape index (κ2) is 6.70. The van der Waals surface area contributed by atoms with Crippen molar-refractivity contribution in [2.75, 3.05) is 12.4 Å². The molecule has 0 aliphatic carbocycles. The molecule has 0 saturated carbocycles. The lowest BCUT2D eigenvalue weighted by Gasteiger charge is -2.08. The zero-order valence-electron chi connectivity index (χ0n) is 13.5. The Hall–Kier alpha value is -2.89. The van der Waals surface area contributed by atoms with E-state index in [-0.39, 0.29) is 5.91 Å². The summed E-state index contributed by atoms with van der Waals surface area (Å²) in [6.07, 6.45) is 2.77. The fourth-order valence-electron chi connectivity index (χ4n) is 2.58. The first-order chi connectivity index (χ1) is 11.6. The summed E-state index contributed by atoms with van der Waals surface area (Å²) in [5, 5.41) is 2.83. The number of amides is 1. The fourth-order valence-corrected chi connectivity index (χ4v) is 2.58. The van der Waals surface area contributed by atoms with Crippen LogP contribution in [0.3, 0.4) is 0 Å². The molecule has 0 aliphatic rings. The molecular formula is C18H18FN3O2. The van der Waals surface area contributed by atoms with Gasteiger partial charge in [-0.05, 0) is 42.8 Å². The number of ether oxygens (including phenoxy) is 1. The Morgan fingerprint density at radius 3 is 2.67 bits per heavy atom. The maximum atomic E-state index is 13.6. The van der Waals surface area contributed by atoms with Crippen molar-refractivity contribution in [2.24, 2.45) is 0 Å². The van der Waals surface area contributed by atoms with Gasteiger partial charge >= 0.3 is 0 Å². The molecule has 0 fully saturated rings. The summed E-state index contributed by atoms with van der Waals surface area (Å²) in [5.74, 6) is -0.0280. The molecule has 6 heteroatoms. The fraction of sp³-hybridized carbons (Fsp3) is 0.222. The van der Waals surface area contributed by atoms with E-state index in [1.165, 1.54) is 16.7 Å². The molecule has 5 nitrogen and oxygen atoms in total. The van der Waals surface area contributed by atoms with Crippen LogP contribution >= 0.6 is 0 Å². The summed E-state index contributed by atoms with van der Waals surface area (Å²) < 4.78 is 20.2. The van der Waals surface area contributed by atoms with E-state index in [2.05, 4.69) is 10.3 Å². The summed E-state index contributed by atoms with van der Waals surface area (Å²) in [7, 11) is 1.58. The van der Waals surface area contributed by atoms with Crippen molar-refractivity contribution in [3.63, 3.8) is 0 Å². The van der Waals surface area contributed by atoms with Crippen molar-refractivity contribution in [2.45, 2.75) is 19.8 Å². The highest BCUT2D eigenvalue weighted by Crippen LogP contribution is 2.19. The normalized spacial score (nSPS) is 10.8. The van der Waals surface area contributed by atoms with Crippen LogP contribution in [0, 0.1) is 5.82 Å². The lowest BCUT2D eigenvalue weighted by molar-refractivity contribution is 0.102. The molecule has 0 saturated heterocycles. The number of nitrogens with one attached hydrogen (secondary N) is 1. The maximum Gasteiger partial charge on any atom is 0.274 e. The van der Waals surface area contributed by atoms with Crippen molar-refractivity contribution in [1.29, 1.82) is 0 Å². The Morgan fingerprint density at radius 2 is 2.00 bits per heavy atom. The minimum atomic E-state index is -0.415. The van der Waals surface area contributed by atoms with E-state index in [9.17, 15) is 9.18 Å². The summed E-state index contributed by atoms with van der Waals surface area (Å²) in [4.78, 5) is 17.2. The first-order valence-corrected chi connectivity index (χ1v) is 7.74. The summed E-state index contributed by atoms with van der Waals surface area (Å²) in [6, 6.07) is 9.93. The average molecular weight is 327 g/mol. The largest absolute Gasteiger partial charge is 0.497 e. The van der Waals surface area contributed by atoms with Crippen LogP contribution in [-0.2, 0) is 6.42 Å². The van der Waals surface area contributed by atoms with Gasteiger partial charge in [0.25, 0.3) is 5.91 Å². The predicted molar refractivity (Wildman–Crippen MR) is 90.1 cm³/mol. The molecule has 2 aromatic heterocycles. The van der Waals surface area contributed by atoms with Gasteiger partial charge in [0.05, 0.1) is 12.8 Å². The molecule has 1 amide bonds. The van der Waals surface area contributed by atoms with Gasteiger partial charge in [0.15, 0.2) is 0 Å². The number of nitrogens with zero attached hydrogens (tertiary/aromatic N) is 2. The summed E-state index contributed by atoms with van der Waals surface area (Å²) in [6.45, 7) is 2.01. The van der Waals surface area contributed by atoms with Gasteiger partial charge in [0.1, 0.15) is 22.9 Å². The van der Waals surface area contributed by atoms with E-state index in [4.69, 9.17) is 4.74 Å². The lowest BCUT2D eigenvalue weighted by atomic mass is 10.2. The standard InChI is InChI=1S/C18H18FN3O2/c1-3-4-15-17(22-11-12(19)5-10-16(22)21-15)18(23)20-13-6-8-14(24-2)9-7-13/h5-11H,3-4H2,1-2H3,(H,20,23). The number of carbonyl (C=O) groups excluding carboxylic acids is 1. The van der Waals surface area contributed by atoms with Crippen LogP contribution in [0.5, 0.6) is 5.75 Å². The van der Waals surface area contributed by atoms with E-state index in [1.54, 1.807) is 37.4 Å². The van der Waals surface area contributed by atoms with E-state index in [0.717, 1.165) is 6.42 Å². The Kier molecular flexibility index (Phi) is 4.46. The molecule has 124 valence electrons. The van der Waals surface area contributed by atoms with Gasteiger partial charge in [-0.15, -0.1) is 0 Å². The molecular weight excluding hydrogens is 309 g/mol. The number of pyridine rings is 1. The number of hydrogen-bond donors (Lipinski definition) is 1. The van der Waals surface area contributed by atoms with E-state index < -0.39 is 5.82 Å². The quantitative estimate of drug-likeness (QED) is 0.777. The van der Waals surface area contributed by atoms with E-state index >= 15 is 0 Å². The lowest BCUT2D eigenvalue weighted by Crippen LogP contribution is -2.16. The van der Waals surface area contributed by atoms with E-state index in [1.807, 2.05) is 6.92 Å². The van der Waals surface area contributed by atoms with Crippen molar-refractivity contribution < 1.29 is 13.9 Å². The zero-order chi connectivity index (χ0) is 17.1. The van der Waals surface area contributed by atoms with Gasteiger partial charge in [-0.25, -0.2) is 9.37 Å². The van der Waals surface area contributed by atoms with Gasteiger partial charge in [-0.1, -0.05) is 13.3 Å². The molecule has 0 aliphatic heterocycles. The number of fused-ring (bicyclic) bond motifs is 1. The van der Waals surface area contributed by atoms with E-state index in [0.29, 0.717) is 34.9 Å². The minimum absolute atomic E-state index is 0.318. The SMILES string of the molecule is CCCc1nc2ccc(F)cn2c1C(=O)Nc1ccc(OC)cc1. The molecule has 1 N–H and O–H groups in total. The summed E-state index contributed by atoms with van der Waals surface area (Å²) >= 11 is 0. The van der Waals surface area contributed by atoms with Crippen molar-refractivity contribution >= 4 is 17.2 Å². The number of hydrogen-bond acceptors (Lipinski definition) is 3. The Bertz CT molecular complexity index is 872. The molecule has 1 aromatic carbocycles. The number of anilines is 1. The minimum Gasteiger partial charge on any atom is -0.497 e. The third-order valence-corrected chi connectivity index (χ3v) is 3.70. The zero-order valence-corrected chi connectivity index (χ0v) is 13.5. The Balaban J connectivity index is 1.97. The van der Waals surface area contributed by atoms with Gasteiger partial charge in [-0.3, -0.25) is 9.20 Å². The first-order valence-electron chi connectivity index (χ1n) is 7.74. The van der Waals surface area contributed by atoms with Crippen LogP contribution < -0.4 is 10.1 Å². The van der Waals surface area contributed by atoms with Gasteiger partial charge < -0.3 is 10.1 Å². The number of aryl methyl sites for hydroxylation is 1. The topological polar surface area (TPSA) is 55.6 Å². The molecule has 0 radical (unpaired) electrons. The number of rotatable bonds is 5. The molecule has 0 atom stereocenters. The number of halogens is 1. The van der Waals surface area contributed by atoms with Gasteiger partial charge in [0.2, 0.25) is 0 Å². The first kappa shape index (κ1) is 16.0. The molecule has 24 heavy (non-hydrogen) atoms. The van der Waals surface area contributed by atoms with Gasteiger partial charge in [-0.2, -0.15) is 0 Å². The van der Waals surface area contributed by atoms with Crippen LogP contribution in [0.2, 0.25) is 0 Å². The maximum absolute atomic E-state index is 13.6. The van der Waals surface area contributed by atoms with Crippen LogP contribution in [0.15, 0.2) is 42.6 Å². The number of methoxy groups -OCH3 is 1. The second-order valence-electron chi connectivity index (χ2n) is 5.42. The number of imidazole rings is 1. The average Bonchev–Trinajstić information content (AvgIpc) is 2.93. The highest BCUT2D eigenvalue weighted by Gasteiger charge is 2.19. The molecule has 2 heterocycles.